The Morgan fingerprint density at radius 3 is 2.50 bits per heavy atom. The van der Waals surface area contributed by atoms with E-state index < -0.39 is 0 Å². The van der Waals surface area contributed by atoms with E-state index in [4.69, 9.17) is 0 Å². The van der Waals surface area contributed by atoms with Crippen LogP contribution >= 0.6 is 0 Å². The predicted molar refractivity (Wildman–Crippen MR) is 86.6 cm³/mol. The van der Waals surface area contributed by atoms with E-state index in [0.717, 1.165) is 33.7 Å². The van der Waals surface area contributed by atoms with Crippen LogP contribution in [-0.2, 0) is 0 Å². The lowest BCUT2D eigenvalue weighted by Gasteiger charge is -2.05. The summed E-state index contributed by atoms with van der Waals surface area (Å²) in [5.74, 6) is -0.242. The Kier molecular flexibility index (Phi) is 2.79. The maximum atomic E-state index is 14.2. The molecule has 1 N–H and O–H groups in total. The number of carbonyl (C=O) groups is 1. The van der Waals surface area contributed by atoms with E-state index in [1.807, 2.05) is 36.4 Å². The highest BCUT2D eigenvalue weighted by Crippen LogP contribution is 2.35. The fourth-order valence-corrected chi connectivity index (χ4v) is 2.95. The zero-order chi connectivity index (χ0) is 15.1. The molecule has 0 saturated heterocycles. The van der Waals surface area contributed by atoms with Crippen molar-refractivity contribution in [1.29, 1.82) is 0 Å². The van der Waals surface area contributed by atoms with Gasteiger partial charge in [0, 0.05) is 32.9 Å². The fourth-order valence-electron chi connectivity index (χ4n) is 2.95. The monoisotopic (exact) mass is 289 g/mol. The molecule has 0 bridgehead atoms. The molecule has 0 amide bonds. The number of halogens is 1. The van der Waals surface area contributed by atoms with Gasteiger partial charge in [0.15, 0.2) is 0 Å². The minimum absolute atomic E-state index is 0.242. The molecule has 0 aliphatic carbocycles. The molecule has 4 rings (SSSR count). The van der Waals surface area contributed by atoms with Crippen molar-refractivity contribution in [2.24, 2.45) is 0 Å². The van der Waals surface area contributed by atoms with E-state index in [-0.39, 0.29) is 5.82 Å². The van der Waals surface area contributed by atoms with Crippen molar-refractivity contribution in [1.82, 2.24) is 4.98 Å². The third-order valence-corrected chi connectivity index (χ3v) is 3.95. The Hall–Kier alpha value is -2.94. The number of aromatic amines is 1. The van der Waals surface area contributed by atoms with Gasteiger partial charge >= 0.3 is 0 Å². The molecule has 106 valence electrons. The molecule has 0 fully saturated rings. The van der Waals surface area contributed by atoms with Crippen LogP contribution in [0.2, 0.25) is 0 Å². The SMILES string of the molecule is O=Cc1ccc2c(c1)[nH]c1cccc(-c3ccccc3F)c12. The smallest absolute Gasteiger partial charge is 0.150 e. The number of H-pyrrole nitrogens is 1. The second-order valence-corrected chi connectivity index (χ2v) is 5.26. The average Bonchev–Trinajstić information content (AvgIpc) is 2.93. The maximum Gasteiger partial charge on any atom is 0.150 e. The number of benzene rings is 3. The van der Waals surface area contributed by atoms with Gasteiger partial charge < -0.3 is 4.98 Å². The summed E-state index contributed by atoms with van der Waals surface area (Å²) in [6.07, 6.45) is 0.822. The molecule has 0 saturated carbocycles. The lowest BCUT2D eigenvalue weighted by molar-refractivity contribution is 0.112. The summed E-state index contributed by atoms with van der Waals surface area (Å²) in [6, 6.07) is 18.0. The van der Waals surface area contributed by atoms with E-state index in [0.29, 0.717) is 11.1 Å². The summed E-state index contributed by atoms with van der Waals surface area (Å²) in [7, 11) is 0. The lowest BCUT2D eigenvalue weighted by Crippen LogP contribution is -1.84. The van der Waals surface area contributed by atoms with Crippen LogP contribution in [0.1, 0.15) is 10.4 Å². The van der Waals surface area contributed by atoms with Crippen LogP contribution in [0.3, 0.4) is 0 Å². The normalized spacial score (nSPS) is 11.1. The van der Waals surface area contributed by atoms with Crippen LogP contribution in [0.25, 0.3) is 32.9 Å². The summed E-state index contributed by atoms with van der Waals surface area (Å²) >= 11 is 0. The average molecular weight is 289 g/mol. The van der Waals surface area contributed by atoms with Crippen LogP contribution in [0.5, 0.6) is 0 Å². The van der Waals surface area contributed by atoms with Crippen molar-refractivity contribution in [2.75, 3.05) is 0 Å². The van der Waals surface area contributed by atoms with Gasteiger partial charge in [-0.3, -0.25) is 4.79 Å². The van der Waals surface area contributed by atoms with Gasteiger partial charge in [-0.1, -0.05) is 42.5 Å². The lowest BCUT2D eigenvalue weighted by atomic mass is 9.99. The van der Waals surface area contributed by atoms with Crippen molar-refractivity contribution in [3.63, 3.8) is 0 Å². The van der Waals surface area contributed by atoms with Crippen LogP contribution in [0.4, 0.5) is 4.39 Å². The third kappa shape index (κ3) is 1.83. The summed E-state index contributed by atoms with van der Waals surface area (Å²) in [6.45, 7) is 0. The van der Waals surface area contributed by atoms with Crippen LogP contribution in [0, 0.1) is 5.82 Å². The summed E-state index contributed by atoms with van der Waals surface area (Å²) < 4.78 is 14.2. The zero-order valence-corrected chi connectivity index (χ0v) is 11.6. The molecular formula is C19H12FNO. The van der Waals surface area contributed by atoms with Gasteiger partial charge in [-0.2, -0.15) is 0 Å². The Balaban J connectivity index is 2.12. The highest BCUT2D eigenvalue weighted by Gasteiger charge is 2.12. The second-order valence-electron chi connectivity index (χ2n) is 5.26. The molecule has 0 unspecified atom stereocenters. The molecule has 0 spiro atoms. The number of hydrogen-bond donors (Lipinski definition) is 1. The quantitative estimate of drug-likeness (QED) is 0.521. The minimum Gasteiger partial charge on any atom is -0.354 e. The zero-order valence-electron chi connectivity index (χ0n) is 11.6. The first-order valence-corrected chi connectivity index (χ1v) is 7.02. The van der Waals surface area contributed by atoms with Crippen LogP contribution in [0.15, 0.2) is 60.7 Å². The standard InChI is InChI=1S/C19H12FNO/c20-16-6-2-1-4-13(16)14-5-3-7-17-19(14)15-9-8-12(11-22)10-18(15)21-17/h1-11,21H. The first-order valence-electron chi connectivity index (χ1n) is 7.02. The Labute approximate surface area is 126 Å². The number of carbonyl (C=O) groups excluding carboxylic acids is 1. The fraction of sp³-hybridized carbons (Fsp3) is 0. The van der Waals surface area contributed by atoms with Gasteiger partial charge in [0.2, 0.25) is 0 Å². The molecule has 1 aromatic heterocycles. The van der Waals surface area contributed by atoms with E-state index in [9.17, 15) is 9.18 Å². The predicted octanol–water partition coefficient (Wildman–Crippen LogP) is 4.94. The van der Waals surface area contributed by atoms with Gasteiger partial charge in [-0.15, -0.1) is 0 Å². The summed E-state index contributed by atoms with van der Waals surface area (Å²) in [4.78, 5) is 14.2. The molecule has 0 aliphatic rings. The number of nitrogens with one attached hydrogen (secondary N) is 1. The number of hydrogen-bond acceptors (Lipinski definition) is 1. The molecule has 1 heterocycles. The molecule has 3 aromatic carbocycles. The number of rotatable bonds is 2. The number of aromatic nitrogens is 1. The van der Waals surface area contributed by atoms with Gasteiger partial charge in [-0.25, -0.2) is 4.39 Å². The van der Waals surface area contributed by atoms with E-state index in [1.54, 1.807) is 18.2 Å². The van der Waals surface area contributed by atoms with Crippen molar-refractivity contribution in [3.05, 3.63) is 72.0 Å². The minimum atomic E-state index is -0.242. The van der Waals surface area contributed by atoms with Gasteiger partial charge in [0.25, 0.3) is 0 Å². The largest absolute Gasteiger partial charge is 0.354 e. The van der Waals surface area contributed by atoms with Crippen LogP contribution < -0.4 is 0 Å². The van der Waals surface area contributed by atoms with Gasteiger partial charge in [0.1, 0.15) is 12.1 Å². The van der Waals surface area contributed by atoms with Crippen molar-refractivity contribution < 1.29 is 9.18 Å². The van der Waals surface area contributed by atoms with Crippen molar-refractivity contribution in [2.45, 2.75) is 0 Å². The first kappa shape index (κ1) is 12.8. The van der Waals surface area contributed by atoms with E-state index in [2.05, 4.69) is 4.98 Å². The number of fused-ring (bicyclic) bond motifs is 3. The van der Waals surface area contributed by atoms with Gasteiger partial charge in [0.05, 0.1) is 0 Å². The maximum absolute atomic E-state index is 14.2. The summed E-state index contributed by atoms with van der Waals surface area (Å²) in [5.41, 5.74) is 3.85. The molecule has 22 heavy (non-hydrogen) atoms. The highest BCUT2D eigenvalue weighted by atomic mass is 19.1. The van der Waals surface area contributed by atoms with E-state index in [1.165, 1.54) is 6.07 Å². The first-order chi connectivity index (χ1) is 10.8. The highest BCUT2D eigenvalue weighted by molar-refractivity contribution is 6.14. The van der Waals surface area contributed by atoms with Gasteiger partial charge in [-0.05, 0) is 23.8 Å². The van der Waals surface area contributed by atoms with Crippen molar-refractivity contribution >= 4 is 28.1 Å². The Morgan fingerprint density at radius 1 is 0.864 bits per heavy atom. The molecular weight excluding hydrogens is 277 g/mol. The van der Waals surface area contributed by atoms with Crippen LogP contribution in [-0.4, -0.2) is 11.3 Å². The molecule has 4 aromatic rings. The topological polar surface area (TPSA) is 32.9 Å². The second kappa shape index (κ2) is 4.81. The Bertz CT molecular complexity index is 1020. The Morgan fingerprint density at radius 2 is 1.68 bits per heavy atom. The molecule has 2 nitrogen and oxygen atoms in total. The third-order valence-electron chi connectivity index (χ3n) is 3.95. The molecule has 3 heteroatoms. The van der Waals surface area contributed by atoms with Crippen molar-refractivity contribution in [3.8, 4) is 11.1 Å². The summed E-state index contributed by atoms with van der Waals surface area (Å²) in [5, 5.41) is 1.96. The molecule has 0 aliphatic heterocycles. The number of aldehydes is 1. The van der Waals surface area contributed by atoms with E-state index >= 15 is 0 Å². The molecule has 0 atom stereocenters. The molecule has 0 radical (unpaired) electrons.